The maximum atomic E-state index is 5.93. The molecule has 6 nitrogen and oxygen atoms in total. The van der Waals surface area contributed by atoms with Crippen LogP contribution in [0.25, 0.3) is 11.0 Å². The van der Waals surface area contributed by atoms with Crippen molar-refractivity contribution in [1.82, 2.24) is 14.5 Å². The lowest BCUT2D eigenvalue weighted by Crippen LogP contribution is -2.37. The van der Waals surface area contributed by atoms with Crippen molar-refractivity contribution < 1.29 is 14.2 Å². The van der Waals surface area contributed by atoms with Gasteiger partial charge in [-0.05, 0) is 50.1 Å². The second-order valence-electron chi connectivity index (χ2n) is 7.93. The molecule has 0 saturated carbocycles. The van der Waals surface area contributed by atoms with E-state index >= 15 is 0 Å². The zero-order chi connectivity index (χ0) is 21.3. The van der Waals surface area contributed by atoms with Gasteiger partial charge in [-0.15, -0.1) is 0 Å². The molecule has 31 heavy (non-hydrogen) atoms. The first-order valence-corrected chi connectivity index (χ1v) is 11.4. The molecule has 1 aliphatic rings. The molecule has 0 radical (unpaired) electrons. The average Bonchev–Trinajstić information content (AvgIpc) is 3.17. The van der Waals surface area contributed by atoms with Crippen molar-refractivity contribution in [3.8, 4) is 11.5 Å². The van der Waals surface area contributed by atoms with Gasteiger partial charge in [0.2, 0.25) is 0 Å². The number of fused-ring (bicyclic) bond motifs is 1. The molecule has 0 bridgehead atoms. The molecule has 0 spiro atoms. The van der Waals surface area contributed by atoms with Gasteiger partial charge in [0.05, 0.1) is 38.0 Å². The van der Waals surface area contributed by atoms with Crippen molar-refractivity contribution in [1.29, 1.82) is 0 Å². The van der Waals surface area contributed by atoms with Crippen molar-refractivity contribution in [3.05, 3.63) is 54.4 Å². The average molecular weight is 424 g/mol. The van der Waals surface area contributed by atoms with Crippen molar-refractivity contribution in [3.63, 3.8) is 0 Å². The van der Waals surface area contributed by atoms with Crippen LogP contribution in [-0.2, 0) is 17.7 Å². The zero-order valence-electron chi connectivity index (χ0n) is 18.5. The van der Waals surface area contributed by atoms with Crippen LogP contribution < -0.4 is 9.47 Å². The summed E-state index contributed by atoms with van der Waals surface area (Å²) in [5, 5.41) is 0. The van der Waals surface area contributed by atoms with Gasteiger partial charge in [-0.2, -0.15) is 0 Å². The number of benzene rings is 2. The van der Waals surface area contributed by atoms with Crippen LogP contribution in [0, 0.1) is 0 Å². The molecule has 0 N–H and O–H groups in total. The molecule has 166 valence electrons. The quantitative estimate of drug-likeness (QED) is 0.433. The first kappa shape index (κ1) is 21.7. The Bertz CT molecular complexity index is 950. The summed E-state index contributed by atoms with van der Waals surface area (Å²) < 4.78 is 19.1. The predicted octanol–water partition coefficient (Wildman–Crippen LogP) is 4.17. The second kappa shape index (κ2) is 11.2. The Morgan fingerprint density at radius 3 is 2.52 bits per heavy atom. The molecule has 1 fully saturated rings. The maximum Gasteiger partial charge on any atom is 0.161 e. The molecular formula is C25H33N3O3. The first-order chi connectivity index (χ1) is 15.3. The fourth-order valence-corrected chi connectivity index (χ4v) is 4.14. The van der Waals surface area contributed by atoms with E-state index in [0.717, 1.165) is 82.1 Å². The number of aryl methyl sites for hydroxylation is 2. The topological polar surface area (TPSA) is 48.8 Å². The van der Waals surface area contributed by atoms with Gasteiger partial charge in [-0.1, -0.05) is 24.3 Å². The van der Waals surface area contributed by atoms with Crippen LogP contribution in [0.2, 0.25) is 0 Å². The number of para-hydroxylation sites is 4. The molecular weight excluding hydrogens is 390 g/mol. The van der Waals surface area contributed by atoms with E-state index in [1.807, 2.05) is 24.3 Å². The Labute approximate surface area is 184 Å². The van der Waals surface area contributed by atoms with Crippen molar-refractivity contribution in [2.45, 2.75) is 32.2 Å². The highest BCUT2D eigenvalue weighted by molar-refractivity contribution is 5.75. The number of rotatable bonds is 11. The van der Waals surface area contributed by atoms with E-state index in [2.05, 4.69) is 33.7 Å². The lowest BCUT2D eigenvalue weighted by atomic mass is 10.2. The summed E-state index contributed by atoms with van der Waals surface area (Å²) in [7, 11) is 1.67. The summed E-state index contributed by atoms with van der Waals surface area (Å²) >= 11 is 0. The van der Waals surface area contributed by atoms with Crippen LogP contribution >= 0.6 is 0 Å². The molecule has 6 heteroatoms. The van der Waals surface area contributed by atoms with Crippen molar-refractivity contribution in [2.24, 2.45) is 0 Å². The number of ether oxygens (including phenoxy) is 3. The number of hydrogen-bond acceptors (Lipinski definition) is 5. The third kappa shape index (κ3) is 5.77. The summed E-state index contributed by atoms with van der Waals surface area (Å²) in [4.78, 5) is 7.43. The monoisotopic (exact) mass is 423 g/mol. The highest BCUT2D eigenvalue weighted by Gasteiger charge is 2.13. The Morgan fingerprint density at radius 2 is 1.68 bits per heavy atom. The van der Waals surface area contributed by atoms with E-state index in [4.69, 9.17) is 19.2 Å². The molecule has 1 aliphatic heterocycles. The molecule has 0 amide bonds. The van der Waals surface area contributed by atoms with Crippen LogP contribution in [0.5, 0.6) is 11.5 Å². The minimum Gasteiger partial charge on any atom is -0.493 e. The smallest absolute Gasteiger partial charge is 0.161 e. The summed E-state index contributed by atoms with van der Waals surface area (Å²) in [6, 6.07) is 16.3. The number of nitrogens with zero attached hydrogens (tertiary/aromatic N) is 3. The van der Waals surface area contributed by atoms with E-state index in [-0.39, 0.29) is 0 Å². The van der Waals surface area contributed by atoms with E-state index in [1.165, 1.54) is 11.3 Å². The minimum atomic E-state index is 0.680. The summed E-state index contributed by atoms with van der Waals surface area (Å²) in [5.41, 5.74) is 2.32. The van der Waals surface area contributed by atoms with Gasteiger partial charge in [0.15, 0.2) is 11.5 Å². The third-order valence-electron chi connectivity index (χ3n) is 5.81. The minimum absolute atomic E-state index is 0.680. The Hall–Kier alpha value is -2.57. The molecule has 0 atom stereocenters. The Morgan fingerprint density at radius 1 is 0.903 bits per heavy atom. The Kier molecular flexibility index (Phi) is 7.80. The molecule has 1 aromatic heterocycles. The third-order valence-corrected chi connectivity index (χ3v) is 5.81. The van der Waals surface area contributed by atoms with Gasteiger partial charge < -0.3 is 18.8 Å². The molecule has 4 rings (SSSR count). The van der Waals surface area contributed by atoms with Gasteiger partial charge in [0, 0.05) is 26.1 Å². The molecule has 3 aromatic rings. The highest BCUT2D eigenvalue weighted by atomic mass is 16.5. The van der Waals surface area contributed by atoms with Crippen LogP contribution in [0.4, 0.5) is 0 Å². The van der Waals surface area contributed by atoms with Crippen LogP contribution in [0.3, 0.4) is 0 Å². The van der Waals surface area contributed by atoms with Gasteiger partial charge in [-0.25, -0.2) is 4.98 Å². The largest absolute Gasteiger partial charge is 0.493 e. The van der Waals surface area contributed by atoms with Gasteiger partial charge in [0.1, 0.15) is 5.82 Å². The predicted molar refractivity (Wildman–Crippen MR) is 123 cm³/mol. The van der Waals surface area contributed by atoms with E-state index in [9.17, 15) is 0 Å². The number of morpholine rings is 1. The van der Waals surface area contributed by atoms with E-state index in [0.29, 0.717) is 6.61 Å². The number of hydrogen-bond donors (Lipinski definition) is 0. The lowest BCUT2D eigenvalue weighted by Gasteiger charge is -2.26. The summed E-state index contributed by atoms with van der Waals surface area (Å²) in [6.07, 6.45) is 4.16. The van der Waals surface area contributed by atoms with E-state index in [1.54, 1.807) is 7.11 Å². The number of unbranched alkanes of at least 4 members (excludes halogenated alkanes) is 1. The Balaban J connectivity index is 1.31. The van der Waals surface area contributed by atoms with Crippen LogP contribution in [-0.4, -0.2) is 61.0 Å². The standard InChI is InChI=1S/C25H33N3O3/c1-29-23-11-4-5-12-24(23)31-18-7-6-15-28-22-10-3-2-9-21(22)26-25(28)13-8-14-27-16-19-30-20-17-27/h2-5,9-12H,6-8,13-20H2,1H3. The SMILES string of the molecule is COc1ccccc1OCCCCn1c(CCCN2CCOCC2)nc2ccccc21. The molecule has 1 saturated heterocycles. The molecule has 2 aromatic carbocycles. The number of methoxy groups -OCH3 is 1. The lowest BCUT2D eigenvalue weighted by molar-refractivity contribution is 0.0374. The van der Waals surface area contributed by atoms with Crippen LogP contribution in [0.15, 0.2) is 48.5 Å². The van der Waals surface area contributed by atoms with Crippen LogP contribution in [0.1, 0.15) is 25.1 Å². The summed E-state index contributed by atoms with van der Waals surface area (Å²) in [6.45, 7) is 6.55. The fraction of sp³-hybridized carbons (Fsp3) is 0.480. The normalized spacial score (nSPS) is 14.7. The molecule has 0 unspecified atom stereocenters. The maximum absolute atomic E-state index is 5.93. The first-order valence-electron chi connectivity index (χ1n) is 11.4. The van der Waals surface area contributed by atoms with Crippen molar-refractivity contribution >= 4 is 11.0 Å². The molecule has 2 heterocycles. The van der Waals surface area contributed by atoms with Crippen molar-refractivity contribution in [2.75, 3.05) is 46.6 Å². The summed E-state index contributed by atoms with van der Waals surface area (Å²) in [5.74, 6) is 2.78. The fourth-order valence-electron chi connectivity index (χ4n) is 4.14. The number of imidazole rings is 1. The van der Waals surface area contributed by atoms with E-state index < -0.39 is 0 Å². The number of aromatic nitrogens is 2. The highest BCUT2D eigenvalue weighted by Crippen LogP contribution is 2.26. The zero-order valence-corrected chi connectivity index (χ0v) is 18.5. The molecule has 0 aliphatic carbocycles. The van der Waals surface area contributed by atoms with Gasteiger partial charge in [0.25, 0.3) is 0 Å². The van der Waals surface area contributed by atoms with Gasteiger partial charge >= 0.3 is 0 Å². The van der Waals surface area contributed by atoms with Gasteiger partial charge in [-0.3, -0.25) is 4.90 Å². The second-order valence-corrected chi connectivity index (χ2v) is 7.93.